The van der Waals surface area contributed by atoms with Gasteiger partial charge in [0.05, 0.1) is 7.11 Å². The number of hydrogen-bond donors (Lipinski definition) is 0. The minimum Gasteiger partial charge on any atom is -0.480 e. The fraction of sp³-hybridized carbons (Fsp3) is 0.538. The zero-order valence-corrected chi connectivity index (χ0v) is 11.8. The smallest absolute Gasteiger partial charge is 0.259 e. The van der Waals surface area contributed by atoms with Crippen LogP contribution in [0.5, 0.6) is 5.88 Å². The van der Waals surface area contributed by atoms with Crippen molar-refractivity contribution in [1.29, 1.82) is 0 Å². The molecular weight excluding hydrogens is 266 g/mol. The number of methoxy groups -OCH3 is 1. The van der Waals surface area contributed by atoms with Crippen LogP contribution in [0.1, 0.15) is 10.4 Å². The third-order valence-corrected chi connectivity index (χ3v) is 3.42. The Morgan fingerprint density at radius 2 is 2.16 bits per heavy atom. The molecule has 0 bridgehead atoms. The van der Waals surface area contributed by atoms with Gasteiger partial charge in [-0.05, 0) is 12.1 Å². The van der Waals surface area contributed by atoms with Crippen molar-refractivity contribution in [2.45, 2.75) is 0 Å². The van der Waals surface area contributed by atoms with Gasteiger partial charge in [-0.3, -0.25) is 9.69 Å². The molecule has 1 aliphatic rings. The highest BCUT2D eigenvalue weighted by Gasteiger charge is 2.24. The summed E-state index contributed by atoms with van der Waals surface area (Å²) in [6, 6.07) is 3.50. The van der Waals surface area contributed by atoms with E-state index in [-0.39, 0.29) is 5.91 Å². The van der Waals surface area contributed by atoms with E-state index in [9.17, 15) is 4.79 Å². The molecule has 0 aromatic carbocycles. The summed E-state index contributed by atoms with van der Waals surface area (Å²) in [6.45, 7) is 4.03. The second-order valence-electron chi connectivity index (χ2n) is 4.38. The van der Waals surface area contributed by atoms with Gasteiger partial charge in [0.25, 0.3) is 5.91 Å². The number of ether oxygens (including phenoxy) is 1. The molecule has 1 fully saturated rings. The van der Waals surface area contributed by atoms with Crippen LogP contribution < -0.4 is 4.74 Å². The Hall–Kier alpha value is -1.33. The Morgan fingerprint density at radius 3 is 2.79 bits per heavy atom. The lowest BCUT2D eigenvalue weighted by Crippen LogP contribution is -2.49. The normalized spacial score (nSPS) is 16.4. The van der Waals surface area contributed by atoms with Crippen molar-refractivity contribution in [2.24, 2.45) is 0 Å². The summed E-state index contributed by atoms with van der Waals surface area (Å²) in [6.07, 6.45) is 1.62. The van der Waals surface area contributed by atoms with Gasteiger partial charge < -0.3 is 9.64 Å². The molecular formula is C13H18ClN3O2. The van der Waals surface area contributed by atoms with E-state index in [1.165, 1.54) is 7.11 Å². The summed E-state index contributed by atoms with van der Waals surface area (Å²) >= 11 is 5.72. The van der Waals surface area contributed by atoms with Crippen LogP contribution in [0.25, 0.3) is 0 Å². The predicted molar refractivity (Wildman–Crippen MR) is 73.9 cm³/mol. The van der Waals surface area contributed by atoms with E-state index < -0.39 is 0 Å². The second kappa shape index (κ2) is 6.73. The van der Waals surface area contributed by atoms with E-state index in [0.29, 0.717) is 30.4 Å². The molecule has 0 saturated carbocycles. The van der Waals surface area contributed by atoms with E-state index in [1.807, 2.05) is 4.90 Å². The third kappa shape index (κ3) is 3.36. The average molecular weight is 284 g/mol. The summed E-state index contributed by atoms with van der Waals surface area (Å²) in [5, 5.41) is 0. The van der Waals surface area contributed by atoms with Crippen LogP contribution in [0.3, 0.4) is 0 Å². The number of halogens is 1. The van der Waals surface area contributed by atoms with Gasteiger partial charge in [-0.1, -0.05) is 0 Å². The van der Waals surface area contributed by atoms with E-state index in [4.69, 9.17) is 16.3 Å². The molecule has 1 aliphatic heterocycles. The van der Waals surface area contributed by atoms with Gasteiger partial charge in [-0.2, -0.15) is 0 Å². The first-order chi connectivity index (χ1) is 9.26. The number of piperazine rings is 1. The maximum Gasteiger partial charge on any atom is 0.259 e. The number of nitrogens with zero attached hydrogens (tertiary/aromatic N) is 3. The molecule has 0 atom stereocenters. The van der Waals surface area contributed by atoms with Gasteiger partial charge in [0.1, 0.15) is 5.56 Å². The molecule has 0 aliphatic carbocycles. The van der Waals surface area contributed by atoms with Crippen LogP contribution in [0, 0.1) is 0 Å². The quantitative estimate of drug-likeness (QED) is 0.776. The molecule has 1 aromatic heterocycles. The van der Waals surface area contributed by atoms with Crippen LogP contribution in [0.4, 0.5) is 0 Å². The zero-order valence-electron chi connectivity index (χ0n) is 11.0. The largest absolute Gasteiger partial charge is 0.480 e. The monoisotopic (exact) mass is 283 g/mol. The van der Waals surface area contributed by atoms with Gasteiger partial charge in [-0.15, -0.1) is 11.6 Å². The van der Waals surface area contributed by atoms with Crippen molar-refractivity contribution >= 4 is 17.5 Å². The lowest BCUT2D eigenvalue weighted by molar-refractivity contribution is 0.0640. The zero-order chi connectivity index (χ0) is 13.7. The molecule has 19 heavy (non-hydrogen) atoms. The number of rotatable bonds is 4. The lowest BCUT2D eigenvalue weighted by Gasteiger charge is -2.34. The van der Waals surface area contributed by atoms with Crippen molar-refractivity contribution < 1.29 is 9.53 Å². The molecule has 104 valence electrons. The van der Waals surface area contributed by atoms with Crippen LogP contribution in [-0.4, -0.2) is 66.4 Å². The first-order valence-electron chi connectivity index (χ1n) is 6.33. The topological polar surface area (TPSA) is 45.7 Å². The Morgan fingerprint density at radius 1 is 1.42 bits per heavy atom. The summed E-state index contributed by atoms with van der Waals surface area (Å²) in [5.74, 6) is 0.996. The predicted octanol–water partition coefficient (Wildman–Crippen LogP) is 1.09. The molecule has 0 radical (unpaired) electrons. The molecule has 2 heterocycles. The highest BCUT2D eigenvalue weighted by Crippen LogP contribution is 2.17. The van der Waals surface area contributed by atoms with Crippen molar-refractivity contribution in [2.75, 3.05) is 45.7 Å². The minimum atomic E-state index is -0.0181. The molecule has 2 rings (SSSR count). The van der Waals surface area contributed by atoms with Crippen molar-refractivity contribution in [1.82, 2.24) is 14.8 Å². The average Bonchev–Trinajstić information content (AvgIpc) is 2.47. The van der Waals surface area contributed by atoms with Crippen molar-refractivity contribution in [3.63, 3.8) is 0 Å². The maximum absolute atomic E-state index is 12.4. The molecule has 1 saturated heterocycles. The molecule has 1 aromatic rings. The Balaban J connectivity index is 2.01. The van der Waals surface area contributed by atoms with Crippen LogP contribution in [0.15, 0.2) is 18.3 Å². The molecule has 0 unspecified atom stereocenters. The number of carbonyl (C=O) groups excluding carboxylic acids is 1. The number of hydrogen-bond acceptors (Lipinski definition) is 4. The Kier molecular flexibility index (Phi) is 4.99. The number of amides is 1. The molecule has 5 nitrogen and oxygen atoms in total. The second-order valence-corrected chi connectivity index (χ2v) is 4.76. The van der Waals surface area contributed by atoms with Crippen LogP contribution in [-0.2, 0) is 0 Å². The maximum atomic E-state index is 12.4. The van der Waals surface area contributed by atoms with Crippen molar-refractivity contribution in [3.8, 4) is 5.88 Å². The van der Waals surface area contributed by atoms with Gasteiger partial charge in [0, 0.05) is 44.8 Å². The van der Waals surface area contributed by atoms with E-state index in [2.05, 4.69) is 9.88 Å². The molecule has 1 amide bonds. The van der Waals surface area contributed by atoms with E-state index in [1.54, 1.807) is 18.3 Å². The summed E-state index contributed by atoms with van der Waals surface area (Å²) in [4.78, 5) is 20.6. The van der Waals surface area contributed by atoms with Crippen LogP contribution >= 0.6 is 11.6 Å². The first kappa shape index (κ1) is 14.1. The Bertz CT molecular complexity index is 434. The number of pyridine rings is 1. The summed E-state index contributed by atoms with van der Waals surface area (Å²) in [5.41, 5.74) is 0.524. The van der Waals surface area contributed by atoms with Gasteiger partial charge >= 0.3 is 0 Å². The first-order valence-corrected chi connectivity index (χ1v) is 6.86. The fourth-order valence-electron chi connectivity index (χ4n) is 2.18. The molecule has 6 heteroatoms. The Labute approximate surface area is 118 Å². The standard InChI is InChI=1S/C13H18ClN3O2/c1-19-12-11(3-2-5-15-12)13(18)17-9-7-16(6-4-14)8-10-17/h2-3,5H,4,6-10H2,1H3. The number of alkyl halides is 1. The number of carbonyl (C=O) groups is 1. The number of aromatic nitrogens is 1. The molecule has 0 spiro atoms. The minimum absolute atomic E-state index is 0.0181. The van der Waals surface area contributed by atoms with E-state index >= 15 is 0 Å². The highest BCUT2D eigenvalue weighted by atomic mass is 35.5. The summed E-state index contributed by atoms with van der Waals surface area (Å²) in [7, 11) is 1.53. The lowest BCUT2D eigenvalue weighted by atomic mass is 10.2. The molecule has 0 N–H and O–H groups in total. The summed E-state index contributed by atoms with van der Waals surface area (Å²) < 4.78 is 5.13. The SMILES string of the molecule is COc1ncccc1C(=O)N1CCN(CCCl)CC1. The van der Waals surface area contributed by atoms with Gasteiger partial charge in [0.2, 0.25) is 5.88 Å². The van der Waals surface area contributed by atoms with Gasteiger partial charge in [-0.25, -0.2) is 4.98 Å². The van der Waals surface area contributed by atoms with Crippen molar-refractivity contribution in [3.05, 3.63) is 23.9 Å². The fourth-order valence-corrected chi connectivity index (χ4v) is 2.42. The van der Waals surface area contributed by atoms with E-state index in [0.717, 1.165) is 19.6 Å². The third-order valence-electron chi connectivity index (χ3n) is 3.26. The highest BCUT2D eigenvalue weighted by molar-refractivity contribution is 6.18. The van der Waals surface area contributed by atoms with Gasteiger partial charge in [0.15, 0.2) is 0 Å². The van der Waals surface area contributed by atoms with Crippen LogP contribution in [0.2, 0.25) is 0 Å².